The minimum Gasteiger partial charge on any atom is -0.377 e. The summed E-state index contributed by atoms with van der Waals surface area (Å²) < 4.78 is 5.58. The molecule has 6 nitrogen and oxygen atoms in total. The molecule has 1 N–H and O–H groups in total. The van der Waals surface area contributed by atoms with Crippen molar-refractivity contribution in [3.63, 3.8) is 0 Å². The Morgan fingerprint density at radius 3 is 2.91 bits per heavy atom. The Morgan fingerprint density at radius 2 is 2.22 bits per heavy atom. The van der Waals surface area contributed by atoms with Crippen LogP contribution in [0.2, 0.25) is 0 Å². The van der Waals surface area contributed by atoms with Gasteiger partial charge in [-0.15, -0.1) is 11.3 Å². The Hall–Kier alpha value is -1.99. The number of morpholine rings is 1. The summed E-state index contributed by atoms with van der Waals surface area (Å²) in [6.07, 6.45) is 0. The van der Waals surface area contributed by atoms with Gasteiger partial charge >= 0.3 is 0 Å². The summed E-state index contributed by atoms with van der Waals surface area (Å²) in [5.41, 5.74) is 1.97. The molecule has 3 heterocycles. The van der Waals surface area contributed by atoms with Crippen molar-refractivity contribution >= 4 is 23.1 Å². The molecule has 1 saturated heterocycles. The summed E-state index contributed by atoms with van der Waals surface area (Å²) >= 11 is 1.47. The van der Waals surface area contributed by atoms with Crippen LogP contribution in [-0.4, -0.2) is 47.6 Å². The highest BCUT2D eigenvalue weighted by Crippen LogP contribution is 2.26. The lowest BCUT2D eigenvalue weighted by molar-refractivity contribution is -0.00497. The van der Waals surface area contributed by atoms with Crippen molar-refractivity contribution < 1.29 is 9.53 Å². The topological polar surface area (TPSA) is 67.4 Å². The Labute approximate surface area is 139 Å². The van der Waals surface area contributed by atoms with Crippen LogP contribution >= 0.6 is 11.3 Å². The number of rotatable bonds is 3. The molecule has 7 heteroatoms. The predicted molar refractivity (Wildman–Crippen MR) is 90.0 cm³/mol. The highest BCUT2D eigenvalue weighted by atomic mass is 32.1. The first-order chi connectivity index (χ1) is 11.1. The second kappa shape index (κ2) is 6.64. The number of nitrogens with zero attached hydrogens (tertiary/aromatic N) is 3. The van der Waals surface area contributed by atoms with E-state index in [2.05, 4.69) is 15.3 Å². The second-order valence-electron chi connectivity index (χ2n) is 5.58. The number of hydrogen-bond donors (Lipinski definition) is 1. The molecule has 0 saturated carbocycles. The van der Waals surface area contributed by atoms with Crippen molar-refractivity contribution in [1.82, 2.24) is 14.9 Å². The Morgan fingerprint density at radius 1 is 1.39 bits per heavy atom. The average molecular weight is 332 g/mol. The van der Waals surface area contributed by atoms with Crippen LogP contribution in [0, 0.1) is 13.8 Å². The number of aromatic nitrogens is 2. The van der Waals surface area contributed by atoms with Gasteiger partial charge in [-0.3, -0.25) is 4.79 Å². The number of carbonyl (C=O) groups excluding carboxylic acids is 1. The molecule has 2 aromatic rings. The molecule has 1 aliphatic heterocycles. The fourth-order valence-electron chi connectivity index (χ4n) is 2.61. The van der Waals surface area contributed by atoms with Gasteiger partial charge in [0.05, 0.1) is 18.1 Å². The van der Waals surface area contributed by atoms with Crippen molar-refractivity contribution in [2.75, 3.05) is 32.1 Å². The molecule has 1 atom stereocenters. The van der Waals surface area contributed by atoms with E-state index in [-0.39, 0.29) is 11.9 Å². The molecule has 1 aliphatic rings. The summed E-state index contributed by atoms with van der Waals surface area (Å²) in [5, 5.41) is 5.02. The van der Waals surface area contributed by atoms with Gasteiger partial charge in [-0.25, -0.2) is 9.97 Å². The number of thiophene rings is 1. The summed E-state index contributed by atoms with van der Waals surface area (Å²) in [6.45, 7) is 5.42. The monoisotopic (exact) mass is 332 g/mol. The minimum absolute atomic E-state index is 0.0208. The Kier molecular flexibility index (Phi) is 4.58. The van der Waals surface area contributed by atoms with Gasteiger partial charge in [0, 0.05) is 25.4 Å². The van der Waals surface area contributed by atoms with Crippen molar-refractivity contribution in [2.24, 2.45) is 0 Å². The predicted octanol–water partition coefficient (Wildman–Crippen LogP) is 2.41. The van der Waals surface area contributed by atoms with Gasteiger partial charge in [-0.1, -0.05) is 0 Å². The van der Waals surface area contributed by atoms with Gasteiger partial charge < -0.3 is 15.0 Å². The third kappa shape index (κ3) is 3.35. The van der Waals surface area contributed by atoms with Crippen molar-refractivity contribution in [2.45, 2.75) is 19.9 Å². The smallest absolute Gasteiger partial charge is 0.264 e. The molecule has 0 bridgehead atoms. The molecule has 0 aliphatic carbocycles. The van der Waals surface area contributed by atoms with E-state index in [1.807, 2.05) is 43.3 Å². The number of anilines is 1. The van der Waals surface area contributed by atoms with Crippen LogP contribution in [0.3, 0.4) is 0 Å². The van der Waals surface area contributed by atoms with Crippen molar-refractivity contribution in [3.05, 3.63) is 39.5 Å². The zero-order valence-electron chi connectivity index (χ0n) is 13.5. The zero-order chi connectivity index (χ0) is 16.4. The average Bonchev–Trinajstić information content (AvgIpc) is 3.00. The zero-order valence-corrected chi connectivity index (χ0v) is 14.3. The van der Waals surface area contributed by atoms with Crippen LogP contribution in [0.15, 0.2) is 17.5 Å². The first kappa shape index (κ1) is 15.9. The van der Waals surface area contributed by atoms with Crippen LogP contribution < -0.4 is 5.32 Å². The molecule has 3 rings (SSSR count). The molecule has 1 amide bonds. The van der Waals surface area contributed by atoms with Gasteiger partial charge in [0.25, 0.3) is 5.91 Å². The SMILES string of the molecule is CNc1cc(C)nc([C@@H]2COCCN2C(=O)c2cc(C)cs2)n1. The van der Waals surface area contributed by atoms with E-state index >= 15 is 0 Å². The van der Waals surface area contributed by atoms with E-state index in [1.54, 1.807) is 0 Å². The van der Waals surface area contributed by atoms with E-state index in [1.165, 1.54) is 11.3 Å². The Bertz CT molecular complexity index is 716. The number of nitrogens with one attached hydrogen (secondary N) is 1. The van der Waals surface area contributed by atoms with Gasteiger partial charge in [0.2, 0.25) is 0 Å². The third-order valence-electron chi connectivity index (χ3n) is 3.76. The lowest BCUT2D eigenvalue weighted by Crippen LogP contribution is -2.44. The van der Waals surface area contributed by atoms with Crippen LogP contribution in [0.25, 0.3) is 0 Å². The van der Waals surface area contributed by atoms with Gasteiger partial charge in [0.1, 0.15) is 11.9 Å². The summed E-state index contributed by atoms with van der Waals surface area (Å²) in [5.74, 6) is 1.39. The molecule has 122 valence electrons. The van der Waals surface area contributed by atoms with Crippen LogP contribution in [0.1, 0.15) is 32.8 Å². The highest BCUT2D eigenvalue weighted by molar-refractivity contribution is 7.12. The fourth-order valence-corrected chi connectivity index (χ4v) is 3.47. The van der Waals surface area contributed by atoms with E-state index < -0.39 is 0 Å². The molecule has 2 aromatic heterocycles. The number of amides is 1. The lowest BCUT2D eigenvalue weighted by Gasteiger charge is -2.34. The minimum atomic E-state index is -0.259. The summed E-state index contributed by atoms with van der Waals surface area (Å²) in [4.78, 5) is 24.4. The van der Waals surface area contributed by atoms with Crippen molar-refractivity contribution in [1.29, 1.82) is 0 Å². The van der Waals surface area contributed by atoms with Gasteiger partial charge in [-0.05, 0) is 30.9 Å². The third-order valence-corrected chi connectivity index (χ3v) is 4.79. The molecular formula is C16H20N4O2S. The molecule has 0 radical (unpaired) electrons. The molecule has 23 heavy (non-hydrogen) atoms. The Balaban J connectivity index is 1.92. The molecular weight excluding hydrogens is 312 g/mol. The summed E-state index contributed by atoms with van der Waals surface area (Å²) in [7, 11) is 1.82. The quantitative estimate of drug-likeness (QED) is 0.935. The molecule has 0 spiro atoms. The first-order valence-electron chi connectivity index (χ1n) is 7.55. The first-order valence-corrected chi connectivity index (χ1v) is 8.43. The van der Waals surface area contributed by atoms with Gasteiger partial charge in [-0.2, -0.15) is 0 Å². The van der Waals surface area contributed by atoms with Crippen molar-refractivity contribution in [3.8, 4) is 0 Å². The van der Waals surface area contributed by atoms with E-state index in [0.717, 1.165) is 22.0 Å². The normalized spacial score (nSPS) is 18.0. The van der Waals surface area contributed by atoms with E-state index in [4.69, 9.17) is 4.74 Å². The van der Waals surface area contributed by atoms with Crippen LogP contribution in [-0.2, 0) is 4.74 Å². The highest BCUT2D eigenvalue weighted by Gasteiger charge is 2.32. The largest absolute Gasteiger partial charge is 0.377 e. The van der Waals surface area contributed by atoms with Crippen LogP contribution in [0.5, 0.6) is 0 Å². The number of hydrogen-bond acceptors (Lipinski definition) is 6. The van der Waals surface area contributed by atoms with E-state index in [9.17, 15) is 4.79 Å². The molecule has 0 aromatic carbocycles. The maximum absolute atomic E-state index is 12.8. The van der Waals surface area contributed by atoms with Gasteiger partial charge in [0.15, 0.2) is 5.82 Å². The number of carbonyl (C=O) groups is 1. The standard InChI is InChI=1S/C16H20N4O2S/c1-10-6-13(23-9-10)16(21)20-4-5-22-8-12(20)15-18-11(2)7-14(17-3)19-15/h6-7,9,12H,4-5,8H2,1-3H3,(H,17,18,19)/t12-/m0/s1. The fraction of sp³-hybridized carbons (Fsp3) is 0.438. The molecule has 0 unspecified atom stereocenters. The lowest BCUT2D eigenvalue weighted by atomic mass is 10.2. The second-order valence-corrected chi connectivity index (χ2v) is 6.49. The maximum Gasteiger partial charge on any atom is 0.264 e. The van der Waals surface area contributed by atoms with E-state index in [0.29, 0.717) is 25.6 Å². The number of aryl methyl sites for hydroxylation is 2. The molecule has 1 fully saturated rings. The van der Waals surface area contributed by atoms with Crippen LogP contribution in [0.4, 0.5) is 5.82 Å². The maximum atomic E-state index is 12.8. The number of ether oxygens (including phenoxy) is 1. The summed E-state index contributed by atoms with van der Waals surface area (Å²) in [6, 6.07) is 3.54.